The van der Waals surface area contributed by atoms with Gasteiger partial charge in [-0.25, -0.2) is 0 Å². The molecule has 0 amide bonds. The number of nitrogens with two attached hydrogens (primary N) is 1. The normalized spacial score (nSPS) is 12.8. The van der Waals surface area contributed by atoms with Gasteiger partial charge in [-0.2, -0.15) is 0 Å². The van der Waals surface area contributed by atoms with E-state index in [2.05, 4.69) is 15.9 Å². The lowest BCUT2D eigenvalue weighted by Crippen LogP contribution is -2.07. The van der Waals surface area contributed by atoms with Crippen LogP contribution < -0.4 is 5.73 Å². The Morgan fingerprint density at radius 3 is 2.77 bits per heavy atom. The van der Waals surface area contributed by atoms with Crippen LogP contribution in [0.4, 0.5) is 0 Å². The van der Waals surface area contributed by atoms with E-state index in [1.807, 2.05) is 0 Å². The van der Waals surface area contributed by atoms with E-state index in [1.54, 1.807) is 18.2 Å². The molecule has 0 bridgehead atoms. The van der Waals surface area contributed by atoms with Crippen molar-refractivity contribution in [3.63, 3.8) is 0 Å². The lowest BCUT2D eigenvalue weighted by Gasteiger charge is -2.12. The predicted octanol–water partition coefficient (Wildman–Crippen LogP) is 1.54. The van der Waals surface area contributed by atoms with Crippen LogP contribution in [0.3, 0.4) is 0 Å². The molecule has 1 aromatic carbocycles. The number of aromatic hydroxyl groups is 1. The molecule has 1 rings (SSSR count). The maximum Gasteiger partial charge on any atom is 0.130 e. The second kappa shape index (κ2) is 4.60. The van der Waals surface area contributed by atoms with Crippen molar-refractivity contribution in [1.29, 1.82) is 0 Å². The topological polar surface area (TPSA) is 66.5 Å². The molecule has 13 heavy (non-hydrogen) atoms. The smallest absolute Gasteiger partial charge is 0.130 e. The van der Waals surface area contributed by atoms with Crippen LogP contribution in [-0.4, -0.2) is 16.8 Å². The molecule has 0 unspecified atom stereocenters. The molecule has 0 fully saturated rings. The molecule has 0 radical (unpaired) electrons. The van der Waals surface area contributed by atoms with Gasteiger partial charge in [0.1, 0.15) is 5.75 Å². The first kappa shape index (κ1) is 10.5. The van der Waals surface area contributed by atoms with Crippen molar-refractivity contribution in [2.24, 2.45) is 5.73 Å². The first-order valence-electron chi connectivity index (χ1n) is 4.02. The molecular weight excluding hydrogens is 234 g/mol. The fourth-order valence-electron chi connectivity index (χ4n) is 1.11. The van der Waals surface area contributed by atoms with E-state index in [9.17, 15) is 10.2 Å². The van der Waals surface area contributed by atoms with Crippen molar-refractivity contribution in [1.82, 2.24) is 0 Å². The largest absolute Gasteiger partial charge is 0.507 e. The van der Waals surface area contributed by atoms with Gasteiger partial charge in [0.2, 0.25) is 0 Å². The molecule has 0 aliphatic heterocycles. The molecule has 3 nitrogen and oxygen atoms in total. The fraction of sp³-hybridized carbons (Fsp3) is 0.333. The highest BCUT2D eigenvalue weighted by Crippen LogP contribution is 2.32. The summed E-state index contributed by atoms with van der Waals surface area (Å²) in [4.78, 5) is 0. The maximum absolute atomic E-state index is 9.60. The van der Waals surface area contributed by atoms with Crippen LogP contribution in [-0.2, 0) is 0 Å². The van der Waals surface area contributed by atoms with Crippen LogP contribution in [0.25, 0.3) is 0 Å². The number of phenols is 1. The summed E-state index contributed by atoms with van der Waals surface area (Å²) in [7, 11) is 0. The van der Waals surface area contributed by atoms with Gasteiger partial charge < -0.3 is 15.9 Å². The van der Waals surface area contributed by atoms with Gasteiger partial charge in [-0.15, -0.1) is 0 Å². The Labute approximate surface area is 85.3 Å². The highest BCUT2D eigenvalue weighted by molar-refractivity contribution is 9.10. The number of hydrogen-bond acceptors (Lipinski definition) is 3. The zero-order chi connectivity index (χ0) is 9.84. The monoisotopic (exact) mass is 245 g/mol. The molecule has 0 saturated heterocycles. The van der Waals surface area contributed by atoms with Crippen LogP contribution in [0, 0.1) is 0 Å². The summed E-state index contributed by atoms with van der Waals surface area (Å²) in [6.07, 6.45) is -0.131. The molecule has 1 aromatic rings. The van der Waals surface area contributed by atoms with Gasteiger partial charge in [0.05, 0.1) is 10.6 Å². The molecule has 0 heterocycles. The highest BCUT2D eigenvalue weighted by atomic mass is 79.9. The van der Waals surface area contributed by atoms with Gasteiger partial charge in [-0.3, -0.25) is 0 Å². The molecule has 4 heteroatoms. The molecule has 0 aliphatic carbocycles. The van der Waals surface area contributed by atoms with Crippen molar-refractivity contribution >= 4 is 15.9 Å². The fourth-order valence-corrected chi connectivity index (χ4v) is 1.64. The average molecular weight is 246 g/mol. The Hall–Kier alpha value is -0.580. The molecule has 4 N–H and O–H groups in total. The summed E-state index contributed by atoms with van der Waals surface area (Å²) in [5.74, 6) is 0.133. The van der Waals surface area contributed by atoms with Gasteiger partial charge in [-0.1, -0.05) is 12.1 Å². The summed E-state index contributed by atoms with van der Waals surface area (Å²) in [6, 6.07) is 5.00. The van der Waals surface area contributed by atoms with E-state index in [1.165, 1.54) is 0 Å². The average Bonchev–Trinajstić information content (AvgIpc) is 2.10. The number of hydrogen-bond donors (Lipinski definition) is 3. The third-order valence-corrected chi connectivity index (χ3v) is 2.67. The quantitative estimate of drug-likeness (QED) is 0.757. The SMILES string of the molecule is NCC[C@H](O)c1cccc(O)c1Br. The van der Waals surface area contributed by atoms with Crippen molar-refractivity contribution in [3.05, 3.63) is 28.2 Å². The number of aliphatic hydroxyl groups excluding tert-OH is 1. The first-order chi connectivity index (χ1) is 6.16. The van der Waals surface area contributed by atoms with E-state index in [4.69, 9.17) is 5.73 Å². The number of aliphatic hydroxyl groups is 1. The lowest BCUT2D eigenvalue weighted by atomic mass is 10.1. The van der Waals surface area contributed by atoms with E-state index >= 15 is 0 Å². The Bertz CT molecular complexity index is 291. The lowest BCUT2D eigenvalue weighted by molar-refractivity contribution is 0.169. The van der Waals surface area contributed by atoms with E-state index in [-0.39, 0.29) is 5.75 Å². The summed E-state index contributed by atoms with van der Waals surface area (Å²) >= 11 is 3.20. The van der Waals surface area contributed by atoms with E-state index in [0.717, 1.165) is 0 Å². The molecule has 0 aliphatic rings. The second-order valence-electron chi connectivity index (χ2n) is 2.77. The number of rotatable bonds is 3. The Kier molecular flexibility index (Phi) is 3.71. The minimum Gasteiger partial charge on any atom is -0.507 e. The van der Waals surface area contributed by atoms with Crippen molar-refractivity contribution < 1.29 is 10.2 Å². The Morgan fingerprint density at radius 2 is 2.15 bits per heavy atom. The van der Waals surface area contributed by atoms with Gasteiger partial charge in [0.25, 0.3) is 0 Å². The molecule has 72 valence electrons. The molecule has 1 atom stereocenters. The first-order valence-corrected chi connectivity index (χ1v) is 4.81. The minimum absolute atomic E-state index is 0.133. The second-order valence-corrected chi connectivity index (χ2v) is 3.57. The van der Waals surface area contributed by atoms with E-state index in [0.29, 0.717) is 23.0 Å². The highest BCUT2D eigenvalue weighted by Gasteiger charge is 2.12. The van der Waals surface area contributed by atoms with Gasteiger partial charge >= 0.3 is 0 Å². The van der Waals surface area contributed by atoms with Gasteiger partial charge in [-0.05, 0) is 40.5 Å². The van der Waals surface area contributed by atoms with Crippen LogP contribution in [0.15, 0.2) is 22.7 Å². The van der Waals surface area contributed by atoms with Crippen molar-refractivity contribution in [2.75, 3.05) is 6.54 Å². The number of phenolic OH excluding ortho intramolecular Hbond substituents is 1. The van der Waals surface area contributed by atoms with E-state index < -0.39 is 6.10 Å². The molecule has 0 spiro atoms. The Morgan fingerprint density at radius 1 is 1.46 bits per heavy atom. The van der Waals surface area contributed by atoms with Crippen LogP contribution >= 0.6 is 15.9 Å². The van der Waals surface area contributed by atoms with Crippen LogP contribution in [0.1, 0.15) is 18.1 Å². The third-order valence-electron chi connectivity index (χ3n) is 1.81. The molecule has 0 aromatic heterocycles. The molecule has 0 saturated carbocycles. The summed E-state index contributed by atoms with van der Waals surface area (Å²) < 4.78 is 0.538. The summed E-state index contributed by atoms with van der Waals surface area (Å²) in [5.41, 5.74) is 5.99. The van der Waals surface area contributed by atoms with Gasteiger partial charge in [0.15, 0.2) is 0 Å². The number of benzene rings is 1. The third kappa shape index (κ3) is 2.43. The zero-order valence-corrected chi connectivity index (χ0v) is 8.66. The summed E-state index contributed by atoms with van der Waals surface area (Å²) in [6.45, 7) is 0.420. The van der Waals surface area contributed by atoms with Crippen molar-refractivity contribution in [3.8, 4) is 5.75 Å². The van der Waals surface area contributed by atoms with Crippen LogP contribution in [0.5, 0.6) is 5.75 Å². The van der Waals surface area contributed by atoms with Crippen LogP contribution in [0.2, 0.25) is 0 Å². The maximum atomic E-state index is 9.60. The van der Waals surface area contributed by atoms with Gasteiger partial charge in [0, 0.05) is 0 Å². The molecular formula is C9H12BrNO2. The standard InChI is InChI=1S/C9H12BrNO2/c10-9-6(7(12)4-5-11)2-1-3-8(9)13/h1-3,7,12-13H,4-5,11H2/t7-/m0/s1. The number of halogens is 1. The predicted molar refractivity (Wildman–Crippen MR) is 54.4 cm³/mol. The van der Waals surface area contributed by atoms with Crippen molar-refractivity contribution in [2.45, 2.75) is 12.5 Å². The zero-order valence-electron chi connectivity index (χ0n) is 7.07. The Balaban J connectivity index is 2.93. The summed E-state index contributed by atoms with van der Waals surface area (Å²) in [5, 5.41) is 18.9. The minimum atomic E-state index is -0.619.